The van der Waals surface area contributed by atoms with Gasteiger partial charge in [0.05, 0.1) is 4.92 Å². The largest absolute Gasteiger partial charge is 0.384 e. The van der Waals surface area contributed by atoms with Crippen molar-refractivity contribution < 1.29 is 13.7 Å². The molecule has 0 spiro atoms. The van der Waals surface area contributed by atoms with E-state index in [1.165, 1.54) is 37.8 Å². The molecule has 0 saturated heterocycles. The van der Waals surface area contributed by atoms with Crippen LogP contribution in [0.15, 0.2) is 18.2 Å². The molecule has 1 N–H and O–H groups in total. The van der Waals surface area contributed by atoms with E-state index >= 15 is 0 Å². The van der Waals surface area contributed by atoms with Gasteiger partial charge in [0.15, 0.2) is 0 Å². The van der Waals surface area contributed by atoms with Crippen LogP contribution >= 0.6 is 0 Å². The molecule has 21 heavy (non-hydrogen) atoms. The fourth-order valence-corrected chi connectivity index (χ4v) is 3.00. The number of anilines is 1. The van der Waals surface area contributed by atoms with Crippen LogP contribution in [-0.4, -0.2) is 11.5 Å². The fourth-order valence-electron chi connectivity index (χ4n) is 3.00. The van der Waals surface area contributed by atoms with Gasteiger partial charge in [-0.25, -0.2) is 8.78 Å². The Morgan fingerprint density at radius 2 is 1.86 bits per heavy atom. The van der Waals surface area contributed by atoms with Gasteiger partial charge in [-0.3, -0.25) is 10.1 Å². The van der Waals surface area contributed by atoms with E-state index in [9.17, 15) is 18.9 Å². The fraction of sp³-hybridized carbons (Fsp3) is 0.600. The molecular weight excluding hydrogens is 278 g/mol. The maximum Gasteiger partial charge on any atom is 0.270 e. The molecule has 2 fully saturated rings. The molecule has 0 amide bonds. The van der Waals surface area contributed by atoms with Crippen LogP contribution in [0.4, 0.5) is 20.2 Å². The molecule has 0 aromatic heterocycles. The molecule has 4 nitrogen and oxygen atoms in total. The summed E-state index contributed by atoms with van der Waals surface area (Å²) in [6.45, 7) is 0.687. The molecule has 2 aliphatic carbocycles. The Labute approximate surface area is 121 Å². The second kappa shape index (κ2) is 5.58. The van der Waals surface area contributed by atoms with Gasteiger partial charge in [0, 0.05) is 29.9 Å². The van der Waals surface area contributed by atoms with Crippen molar-refractivity contribution in [3.8, 4) is 0 Å². The van der Waals surface area contributed by atoms with Crippen LogP contribution in [0, 0.1) is 27.9 Å². The highest BCUT2D eigenvalue weighted by molar-refractivity contribution is 5.56. The Hall–Kier alpha value is -1.72. The van der Waals surface area contributed by atoms with Crippen molar-refractivity contribution in [2.75, 3.05) is 11.9 Å². The molecular formula is C15H18F2N2O2. The van der Waals surface area contributed by atoms with Crippen LogP contribution in [0.2, 0.25) is 0 Å². The van der Waals surface area contributed by atoms with Crippen molar-refractivity contribution in [2.24, 2.45) is 17.8 Å². The number of halogens is 2. The monoisotopic (exact) mass is 296 g/mol. The molecule has 0 unspecified atom stereocenters. The van der Waals surface area contributed by atoms with Crippen LogP contribution in [0.5, 0.6) is 0 Å². The van der Waals surface area contributed by atoms with Crippen LogP contribution in [0.1, 0.15) is 37.7 Å². The van der Waals surface area contributed by atoms with Gasteiger partial charge in [-0.1, -0.05) is 0 Å². The van der Waals surface area contributed by atoms with Gasteiger partial charge in [0.25, 0.3) is 12.1 Å². The smallest absolute Gasteiger partial charge is 0.270 e. The van der Waals surface area contributed by atoms with Crippen LogP contribution < -0.4 is 5.32 Å². The Morgan fingerprint density at radius 1 is 1.24 bits per heavy atom. The zero-order valence-electron chi connectivity index (χ0n) is 11.6. The first kappa shape index (κ1) is 14.2. The summed E-state index contributed by atoms with van der Waals surface area (Å²) in [7, 11) is 0. The number of hydrogen-bond donors (Lipinski definition) is 1. The molecule has 1 aromatic rings. The molecule has 6 heteroatoms. The van der Waals surface area contributed by atoms with E-state index in [2.05, 4.69) is 5.32 Å². The Bertz CT molecular complexity index is 530. The van der Waals surface area contributed by atoms with E-state index in [0.29, 0.717) is 18.2 Å². The molecule has 0 radical (unpaired) electrons. The minimum absolute atomic E-state index is 0.283. The molecule has 114 valence electrons. The molecule has 0 aliphatic heterocycles. The standard InChI is InChI=1S/C15H18F2N2O2/c16-15(17)12-7-11(19(20)21)5-6-14(12)18-8-13(9-1-2-9)10-3-4-10/h5-7,9-10,13,15,18H,1-4,8H2. The lowest BCUT2D eigenvalue weighted by molar-refractivity contribution is -0.385. The maximum atomic E-state index is 13.1. The van der Waals surface area contributed by atoms with E-state index < -0.39 is 11.3 Å². The lowest BCUT2D eigenvalue weighted by atomic mass is 9.97. The second-order valence-corrected chi connectivity index (χ2v) is 6.05. The number of alkyl halides is 2. The van der Waals surface area contributed by atoms with Crippen molar-refractivity contribution >= 4 is 11.4 Å². The topological polar surface area (TPSA) is 55.2 Å². The SMILES string of the molecule is O=[N+]([O-])c1ccc(NCC(C2CC2)C2CC2)c(C(F)F)c1. The first-order valence-corrected chi connectivity index (χ1v) is 7.36. The van der Waals surface area contributed by atoms with Crippen LogP contribution in [-0.2, 0) is 0 Å². The average Bonchev–Trinajstić information content (AvgIpc) is 3.32. The number of nitro groups is 1. The van der Waals surface area contributed by atoms with Gasteiger partial charge in [-0.05, 0) is 49.5 Å². The normalized spacial score (nSPS) is 18.3. The minimum atomic E-state index is -2.72. The Balaban J connectivity index is 1.72. The number of nitrogens with zero attached hydrogens (tertiary/aromatic N) is 1. The third-order valence-electron chi connectivity index (χ3n) is 4.46. The summed E-state index contributed by atoms with van der Waals surface area (Å²) in [6.07, 6.45) is 2.25. The second-order valence-electron chi connectivity index (χ2n) is 6.05. The summed E-state index contributed by atoms with van der Waals surface area (Å²) in [6, 6.07) is 3.64. The quantitative estimate of drug-likeness (QED) is 0.600. The highest BCUT2D eigenvalue weighted by Gasteiger charge is 2.41. The van der Waals surface area contributed by atoms with E-state index in [1.807, 2.05) is 0 Å². The van der Waals surface area contributed by atoms with E-state index in [-0.39, 0.29) is 11.3 Å². The first-order valence-electron chi connectivity index (χ1n) is 7.36. The van der Waals surface area contributed by atoms with E-state index in [1.54, 1.807) is 0 Å². The van der Waals surface area contributed by atoms with Crippen LogP contribution in [0.25, 0.3) is 0 Å². The zero-order chi connectivity index (χ0) is 15.0. The molecule has 0 atom stereocenters. The summed E-state index contributed by atoms with van der Waals surface area (Å²) in [4.78, 5) is 10.0. The highest BCUT2D eigenvalue weighted by atomic mass is 19.3. The van der Waals surface area contributed by atoms with Crippen molar-refractivity contribution in [3.63, 3.8) is 0 Å². The Morgan fingerprint density at radius 3 is 2.33 bits per heavy atom. The van der Waals surface area contributed by atoms with E-state index in [4.69, 9.17) is 0 Å². The molecule has 0 heterocycles. The summed E-state index contributed by atoms with van der Waals surface area (Å²) >= 11 is 0. The summed E-state index contributed by atoms with van der Waals surface area (Å²) in [5.74, 6) is 2.03. The third kappa shape index (κ3) is 3.31. The number of nitro benzene ring substituents is 1. The third-order valence-corrected chi connectivity index (χ3v) is 4.46. The van der Waals surface area contributed by atoms with E-state index in [0.717, 1.165) is 17.9 Å². The maximum absolute atomic E-state index is 13.1. The molecule has 2 aliphatic rings. The van der Waals surface area contributed by atoms with Crippen LogP contribution in [0.3, 0.4) is 0 Å². The summed E-state index contributed by atoms with van der Waals surface area (Å²) in [5.41, 5.74) is -0.256. The Kier molecular flexibility index (Phi) is 3.78. The van der Waals surface area contributed by atoms with Gasteiger partial charge in [0.1, 0.15) is 0 Å². The van der Waals surface area contributed by atoms with Gasteiger partial charge in [0.2, 0.25) is 0 Å². The predicted molar refractivity (Wildman–Crippen MR) is 75.5 cm³/mol. The average molecular weight is 296 g/mol. The van der Waals surface area contributed by atoms with Crippen molar-refractivity contribution in [2.45, 2.75) is 32.1 Å². The molecule has 3 rings (SSSR count). The first-order chi connectivity index (χ1) is 10.1. The number of rotatable bonds is 7. The number of nitrogens with one attached hydrogen (secondary N) is 1. The lowest BCUT2D eigenvalue weighted by Gasteiger charge is -2.18. The molecule has 0 bridgehead atoms. The summed E-state index contributed by atoms with van der Waals surface area (Å²) < 4.78 is 26.1. The number of non-ortho nitro benzene ring substituents is 1. The summed E-state index contributed by atoms with van der Waals surface area (Å²) in [5, 5.41) is 13.8. The number of hydrogen-bond acceptors (Lipinski definition) is 3. The van der Waals surface area contributed by atoms with Gasteiger partial charge < -0.3 is 5.32 Å². The lowest BCUT2D eigenvalue weighted by Crippen LogP contribution is -2.19. The number of benzene rings is 1. The van der Waals surface area contributed by atoms with Gasteiger partial charge >= 0.3 is 0 Å². The highest BCUT2D eigenvalue weighted by Crippen LogP contribution is 2.49. The van der Waals surface area contributed by atoms with Gasteiger partial charge in [-0.2, -0.15) is 0 Å². The van der Waals surface area contributed by atoms with Gasteiger partial charge in [-0.15, -0.1) is 0 Å². The molecule has 1 aromatic carbocycles. The zero-order valence-corrected chi connectivity index (χ0v) is 11.6. The van der Waals surface area contributed by atoms with Crippen molar-refractivity contribution in [1.29, 1.82) is 0 Å². The van der Waals surface area contributed by atoms with Crippen molar-refractivity contribution in [1.82, 2.24) is 0 Å². The minimum Gasteiger partial charge on any atom is -0.384 e. The van der Waals surface area contributed by atoms with Crippen molar-refractivity contribution in [3.05, 3.63) is 33.9 Å². The molecule has 2 saturated carbocycles. The predicted octanol–water partition coefficient (Wildman–Crippen LogP) is 4.38.